The van der Waals surface area contributed by atoms with Crippen molar-refractivity contribution in [2.45, 2.75) is 91.3 Å². The van der Waals surface area contributed by atoms with Crippen molar-refractivity contribution in [1.29, 1.82) is 0 Å². The van der Waals surface area contributed by atoms with Gasteiger partial charge in [-0.25, -0.2) is 0 Å². The number of ether oxygens (including phenoxy) is 3. The number of fused-ring (bicyclic) bond motifs is 3. The number of rotatable bonds is 7. The lowest BCUT2D eigenvalue weighted by Gasteiger charge is -2.47. The fraction of sp³-hybridized carbons (Fsp3) is 0.556. The SMILES string of the molecule is CCC(=O)Oc1cc(C=CC(CC)OC(=O)CC)cc2c1C1CC(C)=CCC1C(C)(C)O2. The molecule has 1 aromatic rings. The monoisotopic (exact) mass is 440 g/mol. The molecule has 5 heteroatoms. The lowest BCUT2D eigenvalue weighted by atomic mass is 9.67. The minimum absolute atomic E-state index is 0.221. The maximum atomic E-state index is 12.2. The molecule has 0 fully saturated rings. The molecular formula is C27H36O5. The molecule has 0 radical (unpaired) electrons. The second-order valence-corrected chi connectivity index (χ2v) is 9.32. The smallest absolute Gasteiger partial charge is 0.310 e. The standard InChI is InChI=1S/C27H36O5/c1-7-19(30-24(28)8-2)12-11-18-15-22(31-25(29)9-3)26-20-14-17(4)10-13-21(20)27(5,6)32-23(26)16-18/h10-12,15-16,19-21H,7-9,13-14H2,1-6H3. The largest absolute Gasteiger partial charge is 0.487 e. The molecule has 0 saturated heterocycles. The molecule has 0 spiro atoms. The summed E-state index contributed by atoms with van der Waals surface area (Å²) in [5, 5.41) is 0. The maximum Gasteiger partial charge on any atom is 0.310 e. The highest BCUT2D eigenvalue weighted by Gasteiger charge is 2.46. The van der Waals surface area contributed by atoms with E-state index in [1.807, 2.05) is 31.2 Å². The Kier molecular flexibility index (Phi) is 7.47. The fourth-order valence-electron chi connectivity index (χ4n) is 4.67. The van der Waals surface area contributed by atoms with Crippen molar-refractivity contribution in [3.63, 3.8) is 0 Å². The maximum absolute atomic E-state index is 12.2. The van der Waals surface area contributed by atoms with Crippen molar-refractivity contribution in [1.82, 2.24) is 0 Å². The quantitative estimate of drug-likeness (QED) is 0.280. The van der Waals surface area contributed by atoms with E-state index >= 15 is 0 Å². The molecule has 1 heterocycles. The molecular weight excluding hydrogens is 404 g/mol. The van der Waals surface area contributed by atoms with Gasteiger partial charge in [-0.3, -0.25) is 9.59 Å². The first-order valence-electron chi connectivity index (χ1n) is 11.8. The zero-order valence-electron chi connectivity index (χ0n) is 20.2. The van der Waals surface area contributed by atoms with Crippen LogP contribution in [0.25, 0.3) is 6.08 Å². The predicted molar refractivity (Wildman–Crippen MR) is 126 cm³/mol. The van der Waals surface area contributed by atoms with E-state index in [9.17, 15) is 9.59 Å². The summed E-state index contributed by atoms with van der Waals surface area (Å²) in [5.41, 5.74) is 2.87. The number of hydrogen-bond acceptors (Lipinski definition) is 5. The van der Waals surface area contributed by atoms with Gasteiger partial charge in [0.2, 0.25) is 0 Å². The summed E-state index contributed by atoms with van der Waals surface area (Å²) < 4.78 is 17.8. The van der Waals surface area contributed by atoms with Crippen LogP contribution in [0, 0.1) is 5.92 Å². The van der Waals surface area contributed by atoms with Crippen molar-refractivity contribution >= 4 is 18.0 Å². The Labute approximate surface area is 191 Å². The summed E-state index contributed by atoms with van der Waals surface area (Å²) in [6.45, 7) is 12.0. The zero-order chi connectivity index (χ0) is 23.5. The van der Waals surface area contributed by atoms with E-state index < -0.39 is 0 Å². The average Bonchev–Trinajstić information content (AvgIpc) is 2.75. The van der Waals surface area contributed by atoms with Gasteiger partial charge in [-0.1, -0.05) is 38.5 Å². The van der Waals surface area contributed by atoms with Crippen molar-refractivity contribution in [2.75, 3.05) is 0 Å². The van der Waals surface area contributed by atoms with Crippen LogP contribution in [0.2, 0.25) is 0 Å². The Morgan fingerprint density at radius 1 is 1.19 bits per heavy atom. The van der Waals surface area contributed by atoms with Crippen LogP contribution >= 0.6 is 0 Å². The molecule has 3 unspecified atom stereocenters. The molecule has 1 aliphatic heterocycles. The van der Waals surface area contributed by atoms with Crippen molar-refractivity contribution < 1.29 is 23.8 Å². The fourth-order valence-corrected chi connectivity index (χ4v) is 4.67. The van der Waals surface area contributed by atoms with Crippen LogP contribution in [-0.2, 0) is 14.3 Å². The van der Waals surface area contributed by atoms with Gasteiger partial charge >= 0.3 is 11.9 Å². The van der Waals surface area contributed by atoms with Gasteiger partial charge in [-0.2, -0.15) is 0 Å². The minimum Gasteiger partial charge on any atom is -0.487 e. The summed E-state index contributed by atoms with van der Waals surface area (Å²) in [6.07, 6.45) is 9.01. The Morgan fingerprint density at radius 2 is 1.91 bits per heavy atom. The van der Waals surface area contributed by atoms with E-state index in [4.69, 9.17) is 14.2 Å². The summed E-state index contributed by atoms with van der Waals surface area (Å²) in [7, 11) is 0. The van der Waals surface area contributed by atoms with Crippen LogP contribution in [-0.4, -0.2) is 23.6 Å². The van der Waals surface area contributed by atoms with Crippen LogP contribution in [0.5, 0.6) is 11.5 Å². The molecule has 1 aliphatic carbocycles. The molecule has 0 N–H and O–H groups in total. The lowest BCUT2D eigenvalue weighted by molar-refractivity contribution is -0.146. The van der Waals surface area contributed by atoms with Gasteiger partial charge in [0, 0.05) is 30.2 Å². The third-order valence-electron chi connectivity index (χ3n) is 6.50. The number of esters is 2. The summed E-state index contributed by atoms with van der Waals surface area (Å²) >= 11 is 0. The van der Waals surface area contributed by atoms with Crippen LogP contribution in [0.3, 0.4) is 0 Å². The molecule has 174 valence electrons. The third-order valence-corrected chi connectivity index (χ3v) is 6.50. The second kappa shape index (κ2) is 9.93. The molecule has 0 saturated carbocycles. The topological polar surface area (TPSA) is 61.8 Å². The van der Waals surface area contributed by atoms with Gasteiger partial charge in [-0.05, 0) is 63.8 Å². The zero-order valence-corrected chi connectivity index (χ0v) is 20.2. The van der Waals surface area contributed by atoms with Gasteiger partial charge in [0.25, 0.3) is 0 Å². The van der Waals surface area contributed by atoms with E-state index in [-0.39, 0.29) is 29.6 Å². The van der Waals surface area contributed by atoms with E-state index in [2.05, 4.69) is 26.8 Å². The number of benzene rings is 1. The van der Waals surface area contributed by atoms with Crippen LogP contribution in [0.15, 0.2) is 29.9 Å². The number of carbonyl (C=O) groups is 2. The average molecular weight is 441 g/mol. The first kappa shape index (κ1) is 24.1. The Bertz CT molecular complexity index is 924. The molecule has 0 aromatic heterocycles. The van der Waals surface area contributed by atoms with Gasteiger partial charge in [0.15, 0.2) is 0 Å². The molecule has 2 aliphatic rings. The lowest BCUT2D eigenvalue weighted by Crippen LogP contribution is -2.45. The Morgan fingerprint density at radius 3 is 2.56 bits per heavy atom. The molecule has 0 bridgehead atoms. The van der Waals surface area contributed by atoms with Gasteiger partial charge in [-0.15, -0.1) is 0 Å². The van der Waals surface area contributed by atoms with Crippen molar-refractivity contribution in [2.24, 2.45) is 5.92 Å². The highest BCUT2D eigenvalue weighted by Crippen LogP contribution is 2.54. The number of carbonyl (C=O) groups excluding carboxylic acids is 2. The van der Waals surface area contributed by atoms with Gasteiger partial charge < -0.3 is 14.2 Å². The van der Waals surface area contributed by atoms with Crippen molar-refractivity contribution in [3.05, 3.63) is 41.0 Å². The highest BCUT2D eigenvalue weighted by atomic mass is 16.5. The summed E-state index contributed by atoms with van der Waals surface area (Å²) in [4.78, 5) is 23.9. The normalized spacial score (nSPS) is 22.2. The first-order chi connectivity index (χ1) is 15.2. The van der Waals surface area contributed by atoms with E-state index in [0.29, 0.717) is 30.9 Å². The Hall–Kier alpha value is -2.56. The number of allylic oxidation sites excluding steroid dienone is 2. The van der Waals surface area contributed by atoms with E-state index in [0.717, 1.165) is 29.7 Å². The second-order valence-electron chi connectivity index (χ2n) is 9.32. The van der Waals surface area contributed by atoms with Gasteiger partial charge in [0.05, 0.1) is 0 Å². The van der Waals surface area contributed by atoms with Crippen LogP contribution in [0.1, 0.15) is 90.7 Å². The Balaban J connectivity index is 2.03. The minimum atomic E-state index is -0.328. The first-order valence-corrected chi connectivity index (χ1v) is 11.8. The summed E-state index contributed by atoms with van der Waals surface area (Å²) in [6, 6.07) is 3.92. The number of hydrogen-bond donors (Lipinski definition) is 0. The molecule has 32 heavy (non-hydrogen) atoms. The molecule has 3 atom stereocenters. The van der Waals surface area contributed by atoms with Crippen LogP contribution < -0.4 is 9.47 Å². The summed E-state index contributed by atoms with van der Waals surface area (Å²) in [5.74, 6) is 1.42. The van der Waals surface area contributed by atoms with E-state index in [1.165, 1.54) is 5.57 Å². The van der Waals surface area contributed by atoms with E-state index in [1.54, 1.807) is 13.8 Å². The van der Waals surface area contributed by atoms with Crippen LogP contribution in [0.4, 0.5) is 0 Å². The van der Waals surface area contributed by atoms with Gasteiger partial charge in [0.1, 0.15) is 23.2 Å². The molecule has 1 aromatic carbocycles. The molecule has 5 nitrogen and oxygen atoms in total. The molecule has 0 amide bonds. The van der Waals surface area contributed by atoms with Crippen molar-refractivity contribution in [3.8, 4) is 11.5 Å². The predicted octanol–water partition coefficient (Wildman–Crippen LogP) is 6.36. The third kappa shape index (κ3) is 5.25. The molecule has 3 rings (SSSR count). The highest BCUT2D eigenvalue weighted by molar-refractivity contribution is 5.74.